The summed E-state index contributed by atoms with van der Waals surface area (Å²) in [7, 11) is 0. The molecular weight excluding hydrogens is 422 g/mol. The number of nitrogens with zero attached hydrogens (tertiary/aromatic N) is 3. The smallest absolute Gasteiger partial charge is 0.139 e. The normalized spacial score (nSPS) is 25.4. The molecule has 0 bridgehead atoms. The van der Waals surface area contributed by atoms with Crippen LogP contribution in [-0.4, -0.2) is 50.0 Å². The molecule has 0 aliphatic heterocycles. The molecule has 2 aliphatic rings. The Kier molecular flexibility index (Phi) is 5.77. The number of aromatic nitrogens is 3. The predicted molar refractivity (Wildman–Crippen MR) is 129 cm³/mol. The predicted octanol–water partition coefficient (Wildman–Crippen LogP) is 3.99. The van der Waals surface area contributed by atoms with Gasteiger partial charge in [-0.25, -0.2) is 9.97 Å². The van der Waals surface area contributed by atoms with Gasteiger partial charge >= 0.3 is 0 Å². The third-order valence-corrected chi connectivity index (χ3v) is 8.07. The maximum absolute atomic E-state index is 10.6. The first-order valence-corrected chi connectivity index (χ1v) is 12.4. The van der Waals surface area contributed by atoms with Crippen LogP contribution >= 0.6 is 11.3 Å². The van der Waals surface area contributed by atoms with Gasteiger partial charge < -0.3 is 20.8 Å². The number of aliphatic hydroxyl groups excluding tert-OH is 2. The lowest BCUT2D eigenvalue weighted by Crippen LogP contribution is -2.28. The minimum atomic E-state index is -0.519. The molecule has 4 N–H and O–H groups in total. The van der Waals surface area contributed by atoms with E-state index in [1.807, 2.05) is 13.0 Å². The maximum atomic E-state index is 10.6. The van der Waals surface area contributed by atoms with E-state index < -0.39 is 6.10 Å². The number of fused-ring (bicyclic) bond motifs is 1. The fourth-order valence-electron chi connectivity index (χ4n) is 4.86. The van der Waals surface area contributed by atoms with E-state index >= 15 is 0 Å². The SMILES string of the molecule is CCc1c(NC2CC2)nc(NC2CC(CO)C(O)C2C)c(-c2nc3cnccc3s2)c1C. The zero-order chi connectivity index (χ0) is 22.4. The summed E-state index contributed by atoms with van der Waals surface area (Å²) in [6.45, 7) is 6.37. The Morgan fingerprint density at radius 2 is 2.00 bits per heavy atom. The van der Waals surface area contributed by atoms with E-state index in [0.29, 0.717) is 12.5 Å². The lowest BCUT2D eigenvalue weighted by atomic mass is 10.00. The Morgan fingerprint density at radius 3 is 2.66 bits per heavy atom. The van der Waals surface area contributed by atoms with Crippen LogP contribution in [0.25, 0.3) is 20.8 Å². The first-order chi connectivity index (χ1) is 15.5. The van der Waals surface area contributed by atoms with Crippen LogP contribution in [-0.2, 0) is 6.42 Å². The van der Waals surface area contributed by atoms with Gasteiger partial charge in [-0.1, -0.05) is 13.8 Å². The number of anilines is 2. The molecule has 170 valence electrons. The molecule has 7 nitrogen and oxygen atoms in total. The van der Waals surface area contributed by atoms with Gasteiger partial charge in [-0.2, -0.15) is 0 Å². The van der Waals surface area contributed by atoms with Crippen LogP contribution in [0.3, 0.4) is 0 Å². The number of pyridine rings is 2. The second-order valence-corrected chi connectivity index (χ2v) is 10.2. The number of hydrogen-bond donors (Lipinski definition) is 4. The van der Waals surface area contributed by atoms with Gasteiger partial charge in [-0.05, 0) is 49.8 Å². The molecule has 2 fully saturated rings. The molecule has 0 radical (unpaired) electrons. The monoisotopic (exact) mass is 453 g/mol. The van der Waals surface area contributed by atoms with Crippen molar-refractivity contribution in [1.82, 2.24) is 15.0 Å². The van der Waals surface area contributed by atoms with Crippen LogP contribution in [0.1, 0.15) is 44.2 Å². The molecular formula is C24H31N5O2S. The van der Waals surface area contributed by atoms with E-state index in [4.69, 9.17) is 9.97 Å². The highest BCUT2D eigenvalue weighted by Crippen LogP contribution is 2.42. The summed E-state index contributed by atoms with van der Waals surface area (Å²) in [5.41, 5.74) is 4.33. The Hall–Kier alpha value is -2.29. The summed E-state index contributed by atoms with van der Waals surface area (Å²) in [4.78, 5) is 14.2. The van der Waals surface area contributed by atoms with E-state index in [0.717, 1.165) is 38.8 Å². The second kappa shape index (κ2) is 8.57. The van der Waals surface area contributed by atoms with E-state index in [2.05, 4.69) is 29.5 Å². The molecule has 3 heterocycles. The molecule has 4 unspecified atom stereocenters. The number of rotatable bonds is 7. The highest BCUT2D eigenvalue weighted by molar-refractivity contribution is 7.21. The Morgan fingerprint density at radius 1 is 1.19 bits per heavy atom. The summed E-state index contributed by atoms with van der Waals surface area (Å²) in [6.07, 6.45) is 7.05. The van der Waals surface area contributed by atoms with Crippen LogP contribution in [0.5, 0.6) is 0 Å². The zero-order valence-electron chi connectivity index (χ0n) is 18.8. The van der Waals surface area contributed by atoms with Crippen molar-refractivity contribution in [3.63, 3.8) is 0 Å². The number of aliphatic hydroxyl groups is 2. The van der Waals surface area contributed by atoms with Crippen molar-refractivity contribution in [2.45, 2.75) is 64.6 Å². The third kappa shape index (κ3) is 3.84. The summed E-state index contributed by atoms with van der Waals surface area (Å²) in [6, 6.07) is 2.53. The fourth-order valence-corrected chi connectivity index (χ4v) is 5.90. The molecule has 32 heavy (non-hydrogen) atoms. The topological polar surface area (TPSA) is 103 Å². The minimum absolute atomic E-state index is 0.00285. The molecule has 3 aromatic heterocycles. The zero-order valence-corrected chi connectivity index (χ0v) is 19.6. The first kappa shape index (κ1) is 21.6. The average molecular weight is 454 g/mol. The molecule has 8 heteroatoms. The highest BCUT2D eigenvalue weighted by Gasteiger charge is 2.40. The highest BCUT2D eigenvalue weighted by atomic mass is 32.1. The first-order valence-electron chi connectivity index (χ1n) is 11.6. The summed E-state index contributed by atoms with van der Waals surface area (Å²) in [5, 5.41) is 28.4. The van der Waals surface area contributed by atoms with Gasteiger partial charge in [0.2, 0.25) is 0 Å². The molecule has 0 aromatic carbocycles. The van der Waals surface area contributed by atoms with Crippen LogP contribution < -0.4 is 10.6 Å². The second-order valence-electron chi connectivity index (χ2n) is 9.20. The van der Waals surface area contributed by atoms with Crippen LogP contribution in [0.4, 0.5) is 11.6 Å². The Labute approximate surface area is 192 Å². The lowest BCUT2D eigenvalue weighted by Gasteiger charge is -2.24. The maximum Gasteiger partial charge on any atom is 0.139 e. The van der Waals surface area contributed by atoms with Crippen LogP contribution in [0.2, 0.25) is 0 Å². The molecule has 0 amide bonds. The van der Waals surface area contributed by atoms with Crippen molar-refractivity contribution in [1.29, 1.82) is 0 Å². The van der Waals surface area contributed by atoms with Crippen molar-refractivity contribution >= 4 is 33.2 Å². The van der Waals surface area contributed by atoms with Crippen LogP contribution in [0.15, 0.2) is 18.5 Å². The van der Waals surface area contributed by atoms with E-state index in [9.17, 15) is 10.2 Å². The molecule has 3 aromatic rings. The van der Waals surface area contributed by atoms with Crippen molar-refractivity contribution in [2.24, 2.45) is 11.8 Å². The molecule has 0 spiro atoms. The van der Waals surface area contributed by atoms with Gasteiger partial charge in [0.05, 0.1) is 22.6 Å². The average Bonchev–Trinajstić information content (AvgIpc) is 3.43. The minimum Gasteiger partial charge on any atom is -0.396 e. The molecule has 0 saturated heterocycles. The third-order valence-electron chi connectivity index (χ3n) is 7.02. The summed E-state index contributed by atoms with van der Waals surface area (Å²) >= 11 is 1.65. The number of nitrogens with one attached hydrogen (secondary N) is 2. The van der Waals surface area contributed by atoms with E-state index in [1.54, 1.807) is 23.7 Å². The van der Waals surface area contributed by atoms with E-state index in [1.165, 1.54) is 24.0 Å². The molecule has 5 rings (SSSR count). The van der Waals surface area contributed by atoms with Crippen molar-refractivity contribution in [3.8, 4) is 10.6 Å². The summed E-state index contributed by atoms with van der Waals surface area (Å²) in [5.74, 6) is 1.66. The van der Waals surface area contributed by atoms with Gasteiger partial charge in [-0.15, -0.1) is 11.3 Å². The van der Waals surface area contributed by atoms with Gasteiger partial charge in [-0.3, -0.25) is 4.98 Å². The largest absolute Gasteiger partial charge is 0.396 e. The Balaban J connectivity index is 1.61. The van der Waals surface area contributed by atoms with Crippen LogP contribution in [0, 0.1) is 18.8 Å². The molecule has 4 atom stereocenters. The lowest BCUT2D eigenvalue weighted by molar-refractivity contribution is 0.0655. The molecule has 2 aliphatic carbocycles. The van der Waals surface area contributed by atoms with E-state index in [-0.39, 0.29) is 24.5 Å². The van der Waals surface area contributed by atoms with Gasteiger partial charge in [0.25, 0.3) is 0 Å². The van der Waals surface area contributed by atoms with Gasteiger partial charge in [0, 0.05) is 36.7 Å². The van der Waals surface area contributed by atoms with Crippen molar-refractivity contribution < 1.29 is 10.2 Å². The number of thiazole rings is 1. The quantitative estimate of drug-likeness (QED) is 0.429. The number of hydrogen-bond acceptors (Lipinski definition) is 8. The summed E-state index contributed by atoms with van der Waals surface area (Å²) < 4.78 is 1.10. The van der Waals surface area contributed by atoms with Gasteiger partial charge in [0.1, 0.15) is 22.2 Å². The fraction of sp³-hybridized carbons (Fsp3) is 0.542. The van der Waals surface area contributed by atoms with Crippen molar-refractivity contribution in [2.75, 3.05) is 17.2 Å². The Bertz CT molecular complexity index is 1100. The standard InChI is InChI=1S/C24H31N5O2S/c1-4-16-12(2)20(24-28-18-10-25-8-7-19(18)32-24)23(29-22(16)26-15-5-6-15)27-17-9-14(11-30)21(31)13(17)3/h7-8,10,13-15,17,21,30-31H,4-6,9,11H2,1-3H3,(H2,26,27,29). The molecule has 2 saturated carbocycles. The van der Waals surface area contributed by atoms with Crippen molar-refractivity contribution in [3.05, 3.63) is 29.6 Å². The van der Waals surface area contributed by atoms with Gasteiger partial charge in [0.15, 0.2) is 0 Å².